The zero-order valence-corrected chi connectivity index (χ0v) is 11.9. The largest absolute Gasteiger partial charge is 0.461 e. The van der Waals surface area contributed by atoms with Gasteiger partial charge in [-0.2, -0.15) is 0 Å². The molecule has 2 aromatic heterocycles. The minimum absolute atomic E-state index is 0.0965. The highest BCUT2D eigenvalue weighted by Gasteiger charge is 2.26. The van der Waals surface area contributed by atoms with E-state index in [2.05, 4.69) is 10.2 Å². The Morgan fingerprint density at radius 3 is 3.00 bits per heavy atom. The number of amides is 2. The molecule has 0 aliphatic carbocycles. The average molecular weight is 307 g/mol. The quantitative estimate of drug-likeness (QED) is 0.647. The number of furan rings is 1. The second-order valence-electron chi connectivity index (χ2n) is 4.48. The molecule has 0 bridgehead atoms. The molecule has 9 heteroatoms. The summed E-state index contributed by atoms with van der Waals surface area (Å²) in [4.78, 5) is 24.7. The van der Waals surface area contributed by atoms with Gasteiger partial charge in [0.25, 0.3) is 0 Å². The molecule has 8 nitrogen and oxygen atoms in total. The zero-order valence-electron chi connectivity index (χ0n) is 11.1. The highest BCUT2D eigenvalue weighted by atomic mass is 32.2. The lowest BCUT2D eigenvalue weighted by Gasteiger charge is -2.12. The lowest BCUT2D eigenvalue weighted by atomic mass is 10.4. The highest BCUT2D eigenvalue weighted by Crippen LogP contribution is 2.22. The lowest BCUT2D eigenvalue weighted by molar-refractivity contribution is -0.140. The van der Waals surface area contributed by atoms with Crippen molar-refractivity contribution in [2.75, 3.05) is 18.1 Å². The van der Waals surface area contributed by atoms with Crippen molar-refractivity contribution in [3.63, 3.8) is 0 Å². The first-order valence-corrected chi connectivity index (χ1v) is 7.35. The van der Waals surface area contributed by atoms with E-state index in [-0.39, 0.29) is 17.6 Å². The van der Waals surface area contributed by atoms with Gasteiger partial charge in [0, 0.05) is 13.0 Å². The Morgan fingerprint density at radius 2 is 2.33 bits per heavy atom. The van der Waals surface area contributed by atoms with Crippen LogP contribution in [0.5, 0.6) is 0 Å². The van der Waals surface area contributed by atoms with Crippen LogP contribution in [0.15, 0.2) is 28.0 Å². The van der Waals surface area contributed by atoms with Gasteiger partial charge in [-0.1, -0.05) is 11.8 Å². The van der Waals surface area contributed by atoms with Crippen molar-refractivity contribution < 1.29 is 14.0 Å². The third-order valence-corrected chi connectivity index (χ3v) is 4.03. The molecule has 2 N–H and O–H groups in total. The number of thioether (sulfide) groups is 1. The third-order valence-electron chi connectivity index (χ3n) is 3.11. The van der Waals surface area contributed by atoms with Crippen LogP contribution in [0.3, 0.4) is 0 Å². The number of nitrogens with zero attached hydrogens (tertiary/aromatic N) is 4. The molecule has 0 saturated carbocycles. The van der Waals surface area contributed by atoms with E-state index in [1.165, 1.54) is 15.8 Å². The molecule has 0 aromatic carbocycles. The molecular formula is C12H13N5O3S. The molecule has 0 atom stereocenters. The van der Waals surface area contributed by atoms with Gasteiger partial charge in [-0.05, 0) is 18.6 Å². The first-order valence-electron chi connectivity index (χ1n) is 6.37. The van der Waals surface area contributed by atoms with Gasteiger partial charge in [-0.3, -0.25) is 14.5 Å². The Hall–Kier alpha value is -2.29. The molecule has 1 fully saturated rings. The van der Waals surface area contributed by atoms with Crippen molar-refractivity contribution in [3.05, 3.63) is 18.4 Å². The van der Waals surface area contributed by atoms with E-state index in [4.69, 9.17) is 10.3 Å². The summed E-state index contributed by atoms with van der Waals surface area (Å²) in [6.07, 6.45) is 2.68. The molecule has 1 aliphatic heterocycles. The van der Waals surface area contributed by atoms with Crippen LogP contribution in [0.1, 0.15) is 12.8 Å². The fourth-order valence-corrected chi connectivity index (χ4v) is 2.80. The van der Waals surface area contributed by atoms with E-state index < -0.39 is 0 Å². The van der Waals surface area contributed by atoms with Crippen molar-refractivity contribution in [1.29, 1.82) is 0 Å². The Labute approximate surface area is 124 Å². The van der Waals surface area contributed by atoms with Gasteiger partial charge in [0.15, 0.2) is 5.76 Å². The van der Waals surface area contributed by atoms with Gasteiger partial charge in [-0.15, -0.1) is 10.2 Å². The Balaban J connectivity index is 1.66. The van der Waals surface area contributed by atoms with Crippen LogP contribution < -0.4 is 5.84 Å². The van der Waals surface area contributed by atoms with Crippen LogP contribution in [0.25, 0.3) is 11.6 Å². The van der Waals surface area contributed by atoms with Crippen LogP contribution in [-0.2, 0) is 9.59 Å². The van der Waals surface area contributed by atoms with E-state index >= 15 is 0 Å². The fraction of sp³-hybridized carbons (Fsp3) is 0.333. The Kier molecular flexibility index (Phi) is 3.65. The van der Waals surface area contributed by atoms with Crippen LogP contribution in [-0.4, -0.2) is 43.9 Å². The van der Waals surface area contributed by atoms with Gasteiger partial charge in [-0.25, -0.2) is 4.68 Å². The summed E-state index contributed by atoms with van der Waals surface area (Å²) in [6, 6.07) is 3.44. The average Bonchev–Trinajstić information content (AvgIpc) is 3.17. The number of aromatic nitrogens is 3. The van der Waals surface area contributed by atoms with Gasteiger partial charge >= 0.3 is 0 Å². The summed E-state index contributed by atoms with van der Waals surface area (Å²) < 4.78 is 6.47. The van der Waals surface area contributed by atoms with Gasteiger partial charge in [0.1, 0.15) is 0 Å². The smallest absolute Gasteiger partial charge is 0.239 e. The predicted octanol–water partition coefficient (Wildman–Crippen LogP) is 0.493. The minimum atomic E-state index is -0.231. The van der Waals surface area contributed by atoms with Gasteiger partial charge < -0.3 is 10.3 Å². The summed E-state index contributed by atoms with van der Waals surface area (Å²) in [7, 11) is 0. The molecular weight excluding hydrogens is 294 g/mol. The van der Waals surface area contributed by atoms with Crippen molar-refractivity contribution in [3.8, 4) is 11.6 Å². The molecule has 0 unspecified atom stereocenters. The first kappa shape index (κ1) is 13.7. The van der Waals surface area contributed by atoms with Crippen LogP contribution in [0.4, 0.5) is 0 Å². The monoisotopic (exact) mass is 307 g/mol. The summed E-state index contributed by atoms with van der Waals surface area (Å²) in [6.45, 7) is 0.491. The number of nitrogens with two attached hydrogens (primary N) is 1. The van der Waals surface area contributed by atoms with E-state index in [9.17, 15) is 9.59 Å². The summed E-state index contributed by atoms with van der Waals surface area (Å²) in [5, 5.41) is 8.24. The van der Waals surface area contributed by atoms with Crippen molar-refractivity contribution >= 4 is 23.6 Å². The summed E-state index contributed by atoms with van der Waals surface area (Å²) >= 11 is 1.14. The number of carbonyl (C=O) groups is 2. The molecule has 1 saturated heterocycles. The number of imide groups is 1. The minimum Gasteiger partial charge on any atom is -0.461 e. The number of hydrogen-bond donors (Lipinski definition) is 1. The SMILES string of the molecule is Nn1c(SCC(=O)N2CCCC2=O)nnc1-c1ccco1. The number of nitrogen functional groups attached to an aromatic ring is 1. The summed E-state index contributed by atoms with van der Waals surface area (Å²) in [5.74, 6) is 6.51. The fourth-order valence-electron chi connectivity index (χ4n) is 2.07. The van der Waals surface area contributed by atoms with Crippen LogP contribution >= 0.6 is 11.8 Å². The second-order valence-corrected chi connectivity index (χ2v) is 5.43. The topological polar surface area (TPSA) is 107 Å². The van der Waals surface area contributed by atoms with Crippen molar-refractivity contribution in [1.82, 2.24) is 19.8 Å². The molecule has 21 heavy (non-hydrogen) atoms. The third kappa shape index (κ3) is 2.64. The number of carbonyl (C=O) groups excluding carboxylic acids is 2. The first-order chi connectivity index (χ1) is 10.2. The molecule has 3 rings (SSSR count). The maximum atomic E-state index is 11.9. The van der Waals surface area contributed by atoms with E-state index in [0.717, 1.165) is 18.2 Å². The van der Waals surface area contributed by atoms with Gasteiger partial charge in [0.05, 0.1) is 12.0 Å². The Morgan fingerprint density at radius 1 is 1.48 bits per heavy atom. The standard InChI is InChI=1S/C12H13N5O3S/c13-17-11(8-3-2-6-20-8)14-15-12(17)21-7-10(19)16-5-1-4-9(16)18/h2-3,6H,1,4-5,7,13H2. The maximum absolute atomic E-state index is 11.9. The molecule has 0 spiro atoms. The van der Waals surface area contributed by atoms with E-state index in [1.54, 1.807) is 12.1 Å². The maximum Gasteiger partial charge on any atom is 0.239 e. The molecule has 3 heterocycles. The van der Waals surface area contributed by atoms with Crippen molar-refractivity contribution in [2.24, 2.45) is 0 Å². The van der Waals surface area contributed by atoms with Crippen LogP contribution in [0.2, 0.25) is 0 Å². The lowest BCUT2D eigenvalue weighted by Crippen LogP contribution is -2.33. The van der Waals surface area contributed by atoms with Crippen molar-refractivity contribution in [2.45, 2.75) is 18.0 Å². The molecule has 1 aliphatic rings. The number of likely N-dealkylation sites (tertiary alicyclic amines) is 1. The second kappa shape index (κ2) is 5.60. The van der Waals surface area contributed by atoms with Gasteiger partial charge in [0.2, 0.25) is 22.8 Å². The summed E-state index contributed by atoms with van der Waals surface area (Å²) in [5.41, 5.74) is 0. The van der Waals surface area contributed by atoms with E-state index in [0.29, 0.717) is 29.7 Å². The highest BCUT2D eigenvalue weighted by molar-refractivity contribution is 7.99. The normalized spacial score (nSPS) is 14.9. The number of hydrogen-bond acceptors (Lipinski definition) is 7. The predicted molar refractivity (Wildman–Crippen MR) is 74.6 cm³/mol. The molecule has 110 valence electrons. The molecule has 2 amide bonds. The number of rotatable bonds is 4. The zero-order chi connectivity index (χ0) is 14.8. The van der Waals surface area contributed by atoms with E-state index in [1.807, 2.05) is 0 Å². The Bertz CT molecular complexity index is 666. The van der Waals surface area contributed by atoms with Crippen LogP contribution in [0, 0.1) is 0 Å². The molecule has 0 radical (unpaired) electrons. The molecule has 2 aromatic rings.